The second-order valence-electron chi connectivity index (χ2n) is 3.18. The monoisotopic (exact) mass is 213 g/mol. The zero-order valence-corrected chi connectivity index (χ0v) is 9.57. The van der Waals surface area contributed by atoms with Crippen LogP contribution in [0.2, 0.25) is 0 Å². The van der Waals surface area contributed by atoms with Crippen LogP contribution in [0, 0.1) is 0 Å². The summed E-state index contributed by atoms with van der Waals surface area (Å²) in [7, 11) is 0. The van der Waals surface area contributed by atoms with E-state index in [1.54, 1.807) is 11.3 Å². The average molecular weight is 213 g/mol. The van der Waals surface area contributed by atoms with Crippen LogP contribution in [0.25, 0.3) is 0 Å². The summed E-state index contributed by atoms with van der Waals surface area (Å²) in [5, 5.41) is 9.99. The Hall–Kier alpha value is -0.450. The van der Waals surface area contributed by atoms with E-state index >= 15 is 0 Å². The van der Waals surface area contributed by atoms with E-state index < -0.39 is 0 Å². The molecule has 0 saturated carbocycles. The Labute approximate surface area is 89.9 Å². The molecule has 1 aromatic heterocycles. The Morgan fingerprint density at radius 1 is 1.21 bits per heavy atom. The van der Waals surface area contributed by atoms with Gasteiger partial charge in [-0.1, -0.05) is 6.92 Å². The number of nitrogens with one attached hydrogen (secondary N) is 2. The van der Waals surface area contributed by atoms with Crippen molar-refractivity contribution in [1.29, 1.82) is 0 Å². The lowest BCUT2D eigenvalue weighted by molar-refractivity contribution is 0.606. The first kappa shape index (κ1) is 11.6. The lowest BCUT2D eigenvalue weighted by Crippen LogP contribution is -2.28. The molecule has 0 aliphatic carbocycles. The molecule has 1 rings (SSSR count). The summed E-state index contributed by atoms with van der Waals surface area (Å²) in [4.78, 5) is 4.23. The molecule has 0 spiro atoms. The lowest BCUT2D eigenvalue weighted by Gasteiger charge is -2.04. The predicted molar refractivity (Wildman–Crippen MR) is 61.8 cm³/mol. The molecule has 80 valence electrons. The van der Waals surface area contributed by atoms with Gasteiger partial charge in [0.2, 0.25) is 0 Å². The van der Waals surface area contributed by atoms with Gasteiger partial charge in [-0.05, 0) is 13.0 Å². The molecule has 0 atom stereocenters. The minimum absolute atomic E-state index is 1.03. The Bertz CT molecular complexity index is 211. The van der Waals surface area contributed by atoms with Gasteiger partial charge in [0.1, 0.15) is 0 Å². The van der Waals surface area contributed by atoms with Gasteiger partial charge >= 0.3 is 0 Å². The lowest BCUT2D eigenvalue weighted by atomic mass is 10.4. The number of aromatic nitrogens is 1. The van der Waals surface area contributed by atoms with Gasteiger partial charge in [0, 0.05) is 37.6 Å². The highest BCUT2D eigenvalue weighted by molar-refractivity contribution is 7.09. The van der Waals surface area contributed by atoms with Crippen molar-refractivity contribution in [2.24, 2.45) is 0 Å². The molecule has 0 saturated heterocycles. The van der Waals surface area contributed by atoms with Crippen molar-refractivity contribution in [3.05, 3.63) is 16.6 Å². The van der Waals surface area contributed by atoms with Crippen LogP contribution in [0.1, 0.15) is 18.4 Å². The van der Waals surface area contributed by atoms with E-state index in [9.17, 15) is 0 Å². The fourth-order valence-corrected chi connectivity index (χ4v) is 1.80. The molecule has 0 aliphatic rings. The smallest absolute Gasteiger partial charge is 0.0937 e. The standard InChI is InChI=1S/C10H19N3S/c1-2-4-11-6-7-12-5-3-10-13-8-9-14-10/h8-9,11-12H,2-7H2,1H3. The third-order valence-electron chi connectivity index (χ3n) is 1.90. The molecule has 0 radical (unpaired) electrons. The zero-order valence-electron chi connectivity index (χ0n) is 8.75. The summed E-state index contributed by atoms with van der Waals surface area (Å²) in [6, 6.07) is 0. The van der Waals surface area contributed by atoms with Gasteiger partial charge in [0.05, 0.1) is 5.01 Å². The van der Waals surface area contributed by atoms with E-state index in [0.717, 1.165) is 32.6 Å². The minimum atomic E-state index is 1.03. The second kappa shape index (κ2) is 7.91. The van der Waals surface area contributed by atoms with Gasteiger partial charge in [-0.2, -0.15) is 0 Å². The molecule has 0 aliphatic heterocycles. The molecule has 0 amide bonds. The van der Waals surface area contributed by atoms with E-state index in [2.05, 4.69) is 22.5 Å². The normalized spacial score (nSPS) is 10.6. The van der Waals surface area contributed by atoms with Crippen molar-refractivity contribution >= 4 is 11.3 Å². The second-order valence-corrected chi connectivity index (χ2v) is 4.15. The molecule has 2 N–H and O–H groups in total. The van der Waals surface area contributed by atoms with Gasteiger partial charge in [-0.3, -0.25) is 0 Å². The third-order valence-corrected chi connectivity index (χ3v) is 2.74. The number of nitrogens with zero attached hydrogens (tertiary/aromatic N) is 1. The van der Waals surface area contributed by atoms with Crippen molar-refractivity contribution in [2.45, 2.75) is 19.8 Å². The van der Waals surface area contributed by atoms with Crippen molar-refractivity contribution < 1.29 is 0 Å². The Balaban J connectivity index is 1.85. The zero-order chi connectivity index (χ0) is 10.1. The summed E-state index contributed by atoms with van der Waals surface area (Å²) in [5.74, 6) is 0. The van der Waals surface area contributed by atoms with Crippen LogP contribution in [0.5, 0.6) is 0 Å². The quantitative estimate of drug-likeness (QED) is 0.639. The Morgan fingerprint density at radius 2 is 2.00 bits per heavy atom. The Morgan fingerprint density at radius 3 is 2.64 bits per heavy atom. The molecule has 3 nitrogen and oxygen atoms in total. The van der Waals surface area contributed by atoms with E-state index in [1.165, 1.54) is 11.4 Å². The first-order chi connectivity index (χ1) is 6.93. The summed E-state index contributed by atoms with van der Waals surface area (Å²) in [6.07, 6.45) is 4.12. The molecule has 0 fully saturated rings. The Kier molecular flexibility index (Phi) is 6.57. The van der Waals surface area contributed by atoms with Crippen molar-refractivity contribution in [3.8, 4) is 0 Å². The molecular weight excluding hydrogens is 194 g/mol. The van der Waals surface area contributed by atoms with Crippen molar-refractivity contribution in [2.75, 3.05) is 26.2 Å². The average Bonchev–Trinajstić information content (AvgIpc) is 2.69. The minimum Gasteiger partial charge on any atom is -0.315 e. The SMILES string of the molecule is CCCNCCNCCc1nccs1. The summed E-state index contributed by atoms with van der Waals surface area (Å²) in [6.45, 7) is 6.44. The fourth-order valence-electron chi connectivity index (χ4n) is 1.18. The van der Waals surface area contributed by atoms with Gasteiger partial charge < -0.3 is 10.6 Å². The van der Waals surface area contributed by atoms with Crippen LogP contribution in [-0.2, 0) is 6.42 Å². The third kappa shape index (κ3) is 5.32. The maximum Gasteiger partial charge on any atom is 0.0937 e. The number of thiazole rings is 1. The topological polar surface area (TPSA) is 37.0 Å². The van der Waals surface area contributed by atoms with E-state index in [4.69, 9.17) is 0 Å². The summed E-state index contributed by atoms with van der Waals surface area (Å²) in [5.41, 5.74) is 0. The maximum atomic E-state index is 4.23. The van der Waals surface area contributed by atoms with Crippen LogP contribution in [0.15, 0.2) is 11.6 Å². The van der Waals surface area contributed by atoms with Crippen molar-refractivity contribution in [3.63, 3.8) is 0 Å². The molecule has 0 unspecified atom stereocenters. The number of hydrogen-bond donors (Lipinski definition) is 2. The van der Waals surface area contributed by atoms with E-state index in [-0.39, 0.29) is 0 Å². The first-order valence-corrected chi connectivity index (χ1v) is 6.11. The predicted octanol–water partition coefficient (Wildman–Crippen LogP) is 1.27. The molecular formula is C10H19N3S. The highest BCUT2D eigenvalue weighted by Gasteiger charge is 1.93. The molecule has 0 aromatic carbocycles. The van der Waals surface area contributed by atoms with Crippen LogP contribution >= 0.6 is 11.3 Å². The first-order valence-electron chi connectivity index (χ1n) is 5.23. The fraction of sp³-hybridized carbons (Fsp3) is 0.700. The van der Waals surface area contributed by atoms with Gasteiger partial charge in [-0.15, -0.1) is 11.3 Å². The highest BCUT2D eigenvalue weighted by Crippen LogP contribution is 2.02. The molecule has 1 heterocycles. The molecule has 4 heteroatoms. The number of rotatable bonds is 8. The van der Waals surface area contributed by atoms with Gasteiger partial charge in [-0.25, -0.2) is 4.98 Å². The summed E-state index contributed by atoms with van der Waals surface area (Å²) < 4.78 is 0. The van der Waals surface area contributed by atoms with Crippen molar-refractivity contribution in [1.82, 2.24) is 15.6 Å². The van der Waals surface area contributed by atoms with Crippen LogP contribution in [0.3, 0.4) is 0 Å². The van der Waals surface area contributed by atoms with Crippen LogP contribution in [0.4, 0.5) is 0 Å². The maximum absolute atomic E-state index is 4.23. The van der Waals surface area contributed by atoms with Gasteiger partial charge in [0.25, 0.3) is 0 Å². The van der Waals surface area contributed by atoms with Gasteiger partial charge in [0.15, 0.2) is 0 Å². The summed E-state index contributed by atoms with van der Waals surface area (Å²) >= 11 is 1.73. The molecule has 1 aromatic rings. The van der Waals surface area contributed by atoms with Crippen LogP contribution in [-0.4, -0.2) is 31.2 Å². The molecule has 0 bridgehead atoms. The van der Waals surface area contributed by atoms with Crippen LogP contribution < -0.4 is 10.6 Å². The molecule has 14 heavy (non-hydrogen) atoms. The largest absolute Gasteiger partial charge is 0.315 e. The van der Waals surface area contributed by atoms with E-state index in [0.29, 0.717) is 0 Å². The number of hydrogen-bond acceptors (Lipinski definition) is 4. The van der Waals surface area contributed by atoms with E-state index in [1.807, 2.05) is 11.6 Å². The highest BCUT2D eigenvalue weighted by atomic mass is 32.1.